The molecule has 0 saturated carbocycles. The van der Waals surface area contributed by atoms with Crippen LogP contribution in [0.3, 0.4) is 0 Å². The third-order valence-electron chi connectivity index (χ3n) is 3.55. The van der Waals surface area contributed by atoms with Gasteiger partial charge in [0.2, 0.25) is 0 Å². The zero-order valence-corrected chi connectivity index (χ0v) is 13.9. The minimum atomic E-state index is 0.0766. The number of aromatic nitrogens is 3. The van der Waals surface area contributed by atoms with Crippen LogP contribution in [0.5, 0.6) is 0 Å². The topological polar surface area (TPSA) is 47.8 Å². The van der Waals surface area contributed by atoms with Crippen LogP contribution in [0.15, 0.2) is 78.7 Å². The molecule has 0 fully saturated rings. The van der Waals surface area contributed by atoms with E-state index in [1.54, 1.807) is 12.4 Å². The van der Waals surface area contributed by atoms with Crippen LogP contribution in [0, 0.1) is 0 Å². The quantitative estimate of drug-likeness (QED) is 0.370. The molecule has 1 heterocycles. The Kier molecular flexibility index (Phi) is 5.23. The van der Waals surface area contributed by atoms with Crippen LogP contribution in [0.1, 0.15) is 10.4 Å². The molecule has 24 heavy (non-hydrogen) atoms. The summed E-state index contributed by atoms with van der Waals surface area (Å²) < 4.78 is 1.86. The van der Waals surface area contributed by atoms with E-state index in [1.807, 2.05) is 47.0 Å². The zero-order chi connectivity index (χ0) is 16.8. The van der Waals surface area contributed by atoms with E-state index in [2.05, 4.69) is 28.9 Å². The first-order valence-corrected chi connectivity index (χ1v) is 8.56. The van der Waals surface area contributed by atoms with Crippen molar-refractivity contribution < 1.29 is 4.79 Å². The summed E-state index contributed by atoms with van der Waals surface area (Å²) >= 11 is 1.39. The van der Waals surface area contributed by atoms with Gasteiger partial charge in [0.05, 0.1) is 5.75 Å². The number of hydrogen-bond donors (Lipinski definition) is 0. The molecule has 0 spiro atoms. The molecule has 0 aliphatic carbocycles. The van der Waals surface area contributed by atoms with Crippen LogP contribution < -0.4 is 0 Å². The lowest BCUT2D eigenvalue weighted by Gasteiger charge is -2.05. The smallest absolute Gasteiger partial charge is 0.191 e. The number of carbonyl (C=O) groups is 1. The van der Waals surface area contributed by atoms with Crippen molar-refractivity contribution >= 4 is 17.5 Å². The molecule has 0 unspecified atom stereocenters. The second-order valence-corrected chi connectivity index (χ2v) is 6.15. The van der Waals surface area contributed by atoms with Gasteiger partial charge in [-0.25, -0.2) is 0 Å². The zero-order valence-electron chi connectivity index (χ0n) is 13.1. The SMILES string of the molecule is C=CCn1cnnc1SCC(=O)c1ccc(-c2ccccc2)cc1. The van der Waals surface area contributed by atoms with E-state index in [-0.39, 0.29) is 5.78 Å². The Hall–Kier alpha value is -2.66. The predicted octanol–water partition coefficient (Wildman–Crippen LogP) is 4.11. The minimum absolute atomic E-state index is 0.0766. The molecule has 4 nitrogen and oxygen atoms in total. The summed E-state index contributed by atoms with van der Waals surface area (Å²) in [5.41, 5.74) is 2.95. The van der Waals surface area contributed by atoms with Gasteiger partial charge in [-0.05, 0) is 11.1 Å². The highest BCUT2D eigenvalue weighted by Crippen LogP contribution is 2.21. The van der Waals surface area contributed by atoms with Crippen molar-refractivity contribution in [2.24, 2.45) is 0 Å². The van der Waals surface area contributed by atoms with Crippen LogP contribution in [-0.4, -0.2) is 26.3 Å². The standard InChI is InChI=1S/C19H17N3OS/c1-2-12-22-14-20-21-19(22)24-13-18(23)17-10-8-16(9-11-17)15-6-4-3-5-7-15/h2-11,14H,1,12-13H2. The third-order valence-corrected chi connectivity index (χ3v) is 4.53. The molecule has 1 aromatic heterocycles. The van der Waals surface area contributed by atoms with Crippen molar-refractivity contribution in [3.05, 3.63) is 79.1 Å². The average Bonchev–Trinajstić information content (AvgIpc) is 3.08. The van der Waals surface area contributed by atoms with E-state index < -0.39 is 0 Å². The first kappa shape index (κ1) is 16.2. The second-order valence-electron chi connectivity index (χ2n) is 5.21. The molecule has 5 heteroatoms. The molecule has 3 aromatic rings. The first-order valence-electron chi connectivity index (χ1n) is 7.58. The Bertz CT molecular complexity index is 825. The molecule has 3 rings (SSSR count). The molecule has 0 aliphatic rings. The summed E-state index contributed by atoms with van der Waals surface area (Å²) in [5.74, 6) is 0.410. The van der Waals surface area contributed by atoms with Crippen molar-refractivity contribution in [1.29, 1.82) is 0 Å². The highest BCUT2D eigenvalue weighted by molar-refractivity contribution is 7.99. The summed E-state index contributed by atoms with van der Waals surface area (Å²) in [6.45, 7) is 4.33. The van der Waals surface area contributed by atoms with Crippen molar-refractivity contribution in [3.8, 4) is 11.1 Å². The van der Waals surface area contributed by atoms with Gasteiger partial charge in [0, 0.05) is 12.1 Å². The van der Waals surface area contributed by atoms with E-state index in [0.717, 1.165) is 16.3 Å². The van der Waals surface area contributed by atoms with Crippen molar-refractivity contribution in [3.63, 3.8) is 0 Å². The number of allylic oxidation sites excluding steroid dienone is 1. The molecule has 0 bridgehead atoms. The first-order chi connectivity index (χ1) is 11.8. The van der Waals surface area contributed by atoms with Gasteiger partial charge in [0.15, 0.2) is 10.9 Å². The Morgan fingerprint density at radius 3 is 2.50 bits per heavy atom. The number of carbonyl (C=O) groups excluding carboxylic acids is 1. The van der Waals surface area contributed by atoms with E-state index in [0.29, 0.717) is 17.9 Å². The van der Waals surface area contributed by atoms with Gasteiger partial charge >= 0.3 is 0 Å². The Labute approximate surface area is 145 Å². The summed E-state index contributed by atoms with van der Waals surface area (Å²) in [6, 6.07) is 17.8. The molecule has 0 N–H and O–H groups in total. The fourth-order valence-electron chi connectivity index (χ4n) is 2.31. The summed E-state index contributed by atoms with van der Waals surface area (Å²) in [4.78, 5) is 12.4. The summed E-state index contributed by atoms with van der Waals surface area (Å²) in [6.07, 6.45) is 3.42. The van der Waals surface area contributed by atoms with E-state index >= 15 is 0 Å². The molecule has 0 atom stereocenters. The van der Waals surface area contributed by atoms with E-state index in [4.69, 9.17) is 0 Å². The molecule has 0 saturated heterocycles. The lowest BCUT2D eigenvalue weighted by molar-refractivity contribution is 0.102. The minimum Gasteiger partial charge on any atom is -0.305 e. The van der Waals surface area contributed by atoms with Crippen LogP contribution in [0.4, 0.5) is 0 Å². The van der Waals surface area contributed by atoms with Crippen LogP contribution in [-0.2, 0) is 6.54 Å². The van der Waals surface area contributed by atoms with Crippen LogP contribution in [0.25, 0.3) is 11.1 Å². The number of benzene rings is 2. The summed E-state index contributed by atoms with van der Waals surface area (Å²) in [5, 5.41) is 8.63. The molecule has 0 amide bonds. The predicted molar refractivity (Wildman–Crippen MR) is 97.2 cm³/mol. The van der Waals surface area contributed by atoms with Gasteiger partial charge in [-0.3, -0.25) is 4.79 Å². The molecule has 0 aliphatic heterocycles. The maximum absolute atomic E-state index is 12.4. The van der Waals surface area contributed by atoms with E-state index in [9.17, 15) is 4.79 Å². The van der Waals surface area contributed by atoms with Crippen LogP contribution in [0.2, 0.25) is 0 Å². The Morgan fingerprint density at radius 1 is 1.08 bits per heavy atom. The van der Waals surface area contributed by atoms with Crippen molar-refractivity contribution in [2.75, 3.05) is 5.75 Å². The Morgan fingerprint density at radius 2 is 1.79 bits per heavy atom. The highest BCUT2D eigenvalue weighted by atomic mass is 32.2. The average molecular weight is 335 g/mol. The maximum atomic E-state index is 12.4. The van der Waals surface area contributed by atoms with Gasteiger partial charge in [-0.2, -0.15) is 0 Å². The van der Waals surface area contributed by atoms with Crippen molar-refractivity contribution in [1.82, 2.24) is 14.8 Å². The van der Waals surface area contributed by atoms with Gasteiger partial charge < -0.3 is 4.57 Å². The Balaban J connectivity index is 1.65. The third kappa shape index (κ3) is 3.81. The number of nitrogens with zero attached hydrogens (tertiary/aromatic N) is 3. The number of rotatable bonds is 7. The highest BCUT2D eigenvalue weighted by Gasteiger charge is 2.10. The lowest BCUT2D eigenvalue weighted by atomic mass is 10.0. The molecular formula is C19H17N3OS. The number of hydrogen-bond acceptors (Lipinski definition) is 4. The monoisotopic (exact) mass is 335 g/mol. The fourth-order valence-corrected chi connectivity index (χ4v) is 3.13. The molecule has 0 radical (unpaired) electrons. The summed E-state index contributed by atoms with van der Waals surface area (Å²) in [7, 11) is 0. The second kappa shape index (κ2) is 7.75. The van der Waals surface area contributed by atoms with Gasteiger partial charge in [0.1, 0.15) is 6.33 Å². The number of Topliss-reactive ketones (excluding diaryl/α,β-unsaturated/α-hetero) is 1. The molecule has 2 aromatic carbocycles. The number of ketones is 1. The largest absolute Gasteiger partial charge is 0.305 e. The van der Waals surface area contributed by atoms with Crippen LogP contribution >= 0.6 is 11.8 Å². The fraction of sp³-hybridized carbons (Fsp3) is 0.105. The van der Waals surface area contributed by atoms with Gasteiger partial charge in [-0.1, -0.05) is 72.4 Å². The van der Waals surface area contributed by atoms with Gasteiger partial charge in [0.25, 0.3) is 0 Å². The van der Waals surface area contributed by atoms with Crippen molar-refractivity contribution in [2.45, 2.75) is 11.7 Å². The molecule has 120 valence electrons. The van der Waals surface area contributed by atoms with Gasteiger partial charge in [-0.15, -0.1) is 16.8 Å². The lowest BCUT2D eigenvalue weighted by Crippen LogP contribution is -2.04. The normalized spacial score (nSPS) is 10.5. The number of thioether (sulfide) groups is 1. The molecular weight excluding hydrogens is 318 g/mol. The maximum Gasteiger partial charge on any atom is 0.191 e. The van der Waals surface area contributed by atoms with E-state index in [1.165, 1.54) is 11.8 Å².